The minimum Gasteiger partial charge on any atom is -0.495 e. The van der Waals surface area contributed by atoms with Crippen LogP contribution in [0.1, 0.15) is 17.3 Å². The van der Waals surface area contributed by atoms with E-state index in [2.05, 4.69) is 10.6 Å². The fourth-order valence-corrected chi connectivity index (χ4v) is 2.23. The molecule has 0 aliphatic rings. The second-order valence-corrected chi connectivity index (χ2v) is 5.58. The minimum absolute atomic E-state index is 0.246. The lowest BCUT2D eigenvalue weighted by atomic mass is 10.2. The summed E-state index contributed by atoms with van der Waals surface area (Å²) in [5.41, 5.74) is 6.75. The van der Waals surface area contributed by atoms with Crippen molar-refractivity contribution in [3.05, 3.63) is 53.1 Å². The van der Waals surface area contributed by atoms with Crippen LogP contribution in [0.25, 0.3) is 0 Å². The summed E-state index contributed by atoms with van der Waals surface area (Å²) in [5.74, 6) is -0.176. The van der Waals surface area contributed by atoms with Crippen molar-refractivity contribution in [1.82, 2.24) is 0 Å². The highest BCUT2D eigenvalue weighted by Crippen LogP contribution is 2.28. The number of anilines is 2. The summed E-state index contributed by atoms with van der Waals surface area (Å²) in [6.45, 7) is 1.72. The first-order valence-corrected chi connectivity index (χ1v) is 7.59. The molecule has 2 amide bonds. The number of halogens is 1. The van der Waals surface area contributed by atoms with Gasteiger partial charge in [0.15, 0.2) is 0 Å². The summed E-state index contributed by atoms with van der Waals surface area (Å²) in [4.78, 5) is 23.3. The molecule has 2 aromatic carbocycles. The number of methoxy groups -OCH3 is 1. The molecular formula is C17H18ClN3O3. The van der Waals surface area contributed by atoms with Gasteiger partial charge in [0.2, 0.25) is 11.8 Å². The molecule has 24 heavy (non-hydrogen) atoms. The number of nitrogens with one attached hydrogen (secondary N) is 2. The van der Waals surface area contributed by atoms with Crippen molar-refractivity contribution < 1.29 is 14.3 Å². The molecule has 0 saturated carbocycles. The second kappa shape index (κ2) is 7.70. The number of primary amides is 1. The number of hydrogen-bond acceptors (Lipinski definition) is 4. The minimum atomic E-state index is -0.534. The Hall–Kier alpha value is -2.73. The monoisotopic (exact) mass is 347 g/mol. The molecule has 0 bridgehead atoms. The Labute approximate surface area is 144 Å². The van der Waals surface area contributed by atoms with Crippen molar-refractivity contribution in [2.24, 2.45) is 5.73 Å². The third-order valence-electron chi connectivity index (χ3n) is 3.36. The lowest BCUT2D eigenvalue weighted by Crippen LogP contribution is -2.32. The third-order valence-corrected chi connectivity index (χ3v) is 3.60. The molecule has 2 rings (SSSR count). The van der Waals surface area contributed by atoms with Crippen molar-refractivity contribution in [2.45, 2.75) is 13.0 Å². The van der Waals surface area contributed by atoms with Gasteiger partial charge in [-0.05, 0) is 49.4 Å². The van der Waals surface area contributed by atoms with Gasteiger partial charge in [0, 0.05) is 16.3 Å². The Morgan fingerprint density at radius 1 is 1.17 bits per heavy atom. The van der Waals surface area contributed by atoms with Gasteiger partial charge in [-0.15, -0.1) is 0 Å². The average Bonchev–Trinajstić information content (AvgIpc) is 2.55. The van der Waals surface area contributed by atoms with Gasteiger partial charge in [0.05, 0.1) is 12.8 Å². The van der Waals surface area contributed by atoms with Crippen LogP contribution >= 0.6 is 11.6 Å². The zero-order valence-electron chi connectivity index (χ0n) is 13.3. The summed E-state index contributed by atoms with van der Waals surface area (Å²) in [5, 5.41) is 6.34. The molecule has 6 nitrogen and oxygen atoms in total. The summed E-state index contributed by atoms with van der Waals surface area (Å²) in [6, 6.07) is 10.9. The molecule has 0 unspecified atom stereocenters. The van der Waals surface area contributed by atoms with Crippen LogP contribution in [0.4, 0.5) is 11.4 Å². The summed E-state index contributed by atoms with van der Waals surface area (Å²) in [7, 11) is 1.54. The first kappa shape index (κ1) is 17.6. The first-order chi connectivity index (χ1) is 11.4. The van der Waals surface area contributed by atoms with Gasteiger partial charge >= 0.3 is 0 Å². The van der Waals surface area contributed by atoms with Crippen molar-refractivity contribution in [1.29, 1.82) is 0 Å². The van der Waals surface area contributed by atoms with Gasteiger partial charge in [0.1, 0.15) is 11.8 Å². The number of carbonyl (C=O) groups excluding carboxylic acids is 2. The Morgan fingerprint density at radius 3 is 2.42 bits per heavy atom. The molecule has 7 heteroatoms. The van der Waals surface area contributed by atoms with Gasteiger partial charge in [0.25, 0.3) is 0 Å². The van der Waals surface area contributed by atoms with E-state index in [0.717, 1.165) is 0 Å². The lowest BCUT2D eigenvalue weighted by molar-refractivity contribution is -0.116. The molecule has 0 aliphatic heterocycles. The molecule has 1 atom stereocenters. The van der Waals surface area contributed by atoms with Crippen LogP contribution in [-0.2, 0) is 4.79 Å². The highest BCUT2D eigenvalue weighted by molar-refractivity contribution is 6.31. The van der Waals surface area contributed by atoms with Crippen LogP contribution in [0.15, 0.2) is 42.5 Å². The highest BCUT2D eigenvalue weighted by Gasteiger charge is 2.15. The second-order valence-electron chi connectivity index (χ2n) is 5.14. The molecule has 0 aliphatic carbocycles. The Balaban J connectivity index is 2.04. The standard InChI is InChI=1S/C17H18ClN3O3/c1-10(20-14-9-12(18)5-8-15(14)24-2)17(23)21-13-6-3-11(4-7-13)16(19)22/h3-10,20H,1-2H3,(H2,19,22)(H,21,23)/t10-/m1/s1. The van der Waals surface area contributed by atoms with Crippen LogP contribution in [-0.4, -0.2) is 25.0 Å². The van der Waals surface area contributed by atoms with Crippen molar-refractivity contribution in [3.63, 3.8) is 0 Å². The predicted molar refractivity (Wildman–Crippen MR) is 94.7 cm³/mol. The van der Waals surface area contributed by atoms with Crippen LogP contribution in [0.3, 0.4) is 0 Å². The van der Waals surface area contributed by atoms with Crippen LogP contribution in [0, 0.1) is 0 Å². The SMILES string of the molecule is COc1ccc(Cl)cc1N[C@H](C)C(=O)Nc1ccc(C(N)=O)cc1. The van der Waals surface area contributed by atoms with Gasteiger partial charge in [-0.1, -0.05) is 11.6 Å². The van der Waals surface area contributed by atoms with E-state index in [4.69, 9.17) is 22.1 Å². The third kappa shape index (κ3) is 4.39. The molecule has 0 heterocycles. The van der Waals surface area contributed by atoms with Crippen molar-refractivity contribution in [3.8, 4) is 5.75 Å². The van der Waals surface area contributed by atoms with Crippen molar-refractivity contribution >= 4 is 34.8 Å². The molecule has 0 spiro atoms. The van der Waals surface area contributed by atoms with Crippen molar-refractivity contribution in [2.75, 3.05) is 17.7 Å². The molecule has 0 fully saturated rings. The lowest BCUT2D eigenvalue weighted by Gasteiger charge is -2.17. The Morgan fingerprint density at radius 2 is 1.83 bits per heavy atom. The Kier molecular flexibility index (Phi) is 5.65. The largest absolute Gasteiger partial charge is 0.495 e. The smallest absolute Gasteiger partial charge is 0.248 e. The molecule has 0 saturated heterocycles. The number of amides is 2. The van der Waals surface area contributed by atoms with Crippen LogP contribution in [0.2, 0.25) is 5.02 Å². The van der Waals surface area contributed by atoms with E-state index < -0.39 is 11.9 Å². The zero-order chi connectivity index (χ0) is 17.7. The normalized spacial score (nSPS) is 11.5. The van der Waals surface area contributed by atoms with Crippen LogP contribution in [0.5, 0.6) is 5.75 Å². The number of benzene rings is 2. The fraction of sp³-hybridized carbons (Fsp3) is 0.176. The summed E-state index contributed by atoms with van der Waals surface area (Å²) < 4.78 is 5.24. The van der Waals surface area contributed by atoms with Gasteiger partial charge in [-0.3, -0.25) is 9.59 Å². The maximum Gasteiger partial charge on any atom is 0.248 e. The topological polar surface area (TPSA) is 93.4 Å². The van der Waals surface area contributed by atoms with E-state index in [1.807, 2.05) is 0 Å². The van der Waals surface area contributed by atoms with Gasteiger partial charge < -0.3 is 21.1 Å². The first-order valence-electron chi connectivity index (χ1n) is 7.21. The number of hydrogen-bond donors (Lipinski definition) is 3. The van der Waals surface area contributed by atoms with E-state index in [9.17, 15) is 9.59 Å². The maximum absolute atomic E-state index is 12.3. The molecule has 4 N–H and O–H groups in total. The highest BCUT2D eigenvalue weighted by atomic mass is 35.5. The fourth-order valence-electron chi connectivity index (χ4n) is 2.06. The quantitative estimate of drug-likeness (QED) is 0.749. The van der Waals surface area contributed by atoms with Gasteiger partial charge in [-0.25, -0.2) is 0 Å². The number of ether oxygens (including phenoxy) is 1. The van der Waals surface area contributed by atoms with Crippen LogP contribution < -0.4 is 21.1 Å². The Bertz CT molecular complexity index is 747. The molecule has 0 radical (unpaired) electrons. The van der Waals surface area contributed by atoms with E-state index in [1.54, 1.807) is 56.5 Å². The maximum atomic E-state index is 12.3. The number of carbonyl (C=O) groups is 2. The predicted octanol–water partition coefficient (Wildman–Crippen LogP) is 2.89. The van der Waals surface area contributed by atoms with E-state index in [-0.39, 0.29) is 5.91 Å². The average molecular weight is 348 g/mol. The zero-order valence-corrected chi connectivity index (χ0v) is 14.1. The van der Waals surface area contributed by atoms with E-state index >= 15 is 0 Å². The summed E-state index contributed by atoms with van der Waals surface area (Å²) in [6.07, 6.45) is 0. The molecule has 0 aromatic heterocycles. The molecule has 126 valence electrons. The van der Waals surface area contributed by atoms with E-state index in [0.29, 0.717) is 27.7 Å². The molecule has 2 aromatic rings. The number of nitrogens with two attached hydrogens (primary N) is 1. The summed E-state index contributed by atoms with van der Waals surface area (Å²) >= 11 is 5.97. The van der Waals surface area contributed by atoms with E-state index in [1.165, 1.54) is 0 Å². The van der Waals surface area contributed by atoms with Gasteiger partial charge in [-0.2, -0.15) is 0 Å². The number of rotatable bonds is 6. The molecular weight excluding hydrogens is 330 g/mol.